The molecule has 0 aliphatic carbocycles. The molecule has 23 heteroatoms. The first kappa shape index (κ1) is 50.9. The fraction of sp³-hybridized carbons (Fsp3) is 0.611. The van der Waals surface area contributed by atoms with E-state index in [9.17, 15) is 36.6 Å². The fourth-order valence-electron chi connectivity index (χ4n) is 6.43. The van der Waals surface area contributed by atoms with E-state index in [2.05, 4.69) is 25.4 Å². The maximum absolute atomic E-state index is 12.8. The minimum absolute atomic E-state index is 0.0404. The van der Waals surface area contributed by atoms with Gasteiger partial charge in [-0.05, 0) is 114 Å². The average molecular weight is 933 g/mol. The van der Waals surface area contributed by atoms with Gasteiger partial charge in [-0.1, -0.05) is 15.9 Å². The third kappa shape index (κ3) is 16.4. The zero-order valence-corrected chi connectivity index (χ0v) is 37.7. The van der Waals surface area contributed by atoms with Gasteiger partial charge in [0.05, 0.1) is 47.3 Å². The van der Waals surface area contributed by atoms with Gasteiger partial charge in [0.1, 0.15) is 0 Å². The van der Waals surface area contributed by atoms with Crippen LogP contribution in [0.1, 0.15) is 77.6 Å². The van der Waals surface area contributed by atoms with E-state index in [0.717, 1.165) is 19.4 Å². The highest BCUT2D eigenvalue weighted by Crippen LogP contribution is 2.26. The number of carbonyl (C=O) groups excluding carboxylic acids is 2. The molecule has 0 bridgehead atoms. The Hall–Kier alpha value is -2.41. The van der Waals surface area contributed by atoms with Gasteiger partial charge in [0.25, 0.3) is 0 Å². The molecule has 3 N–H and O–H groups in total. The van der Waals surface area contributed by atoms with Crippen LogP contribution in [0, 0.1) is 6.92 Å². The van der Waals surface area contributed by atoms with E-state index in [1.54, 1.807) is 19.1 Å². The molecule has 6 rings (SSSR count). The van der Waals surface area contributed by atoms with E-state index in [1.807, 2.05) is 20.5 Å². The van der Waals surface area contributed by atoms with E-state index in [4.69, 9.17) is 23.6 Å². The molecule has 2 aromatic rings. The van der Waals surface area contributed by atoms with Gasteiger partial charge in [0.2, 0.25) is 20.0 Å². The second kappa shape index (κ2) is 24.3. The SMILES string of the molecule is CB1OB(C)OB(C)O1.COC(=O)c1cc(Br)cc(S(=O)(=O)N2CCCC(O)CC2)c1.COC(=O)c1cc(C)cc(S(=O)(=O)N2CCCC(O)CC2)c1.OC1CCCO1. The summed E-state index contributed by atoms with van der Waals surface area (Å²) in [6, 6.07) is 8.77. The molecule has 0 saturated carbocycles. The Kier molecular flexibility index (Phi) is 21.0. The van der Waals surface area contributed by atoms with E-state index in [0.29, 0.717) is 61.7 Å². The lowest BCUT2D eigenvalue weighted by Crippen LogP contribution is -2.44. The van der Waals surface area contributed by atoms with Crippen molar-refractivity contribution in [3.05, 3.63) is 57.6 Å². The molecule has 0 radical (unpaired) electrons. The van der Waals surface area contributed by atoms with Gasteiger partial charge in [-0.25, -0.2) is 26.4 Å². The average Bonchev–Trinajstić information content (AvgIpc) is 3.40. The standard InChI is InChI=1S/C15H21NO5S.C14H18BrNO5S.C4H8O2.C3H9B3O3/c1-11-8-12(15(18)21-2)10-14(9-11)22(19,20)16-6-3-4-13(17)5-7-16;1-21-14(18)10-7-11(15)9-13(8-10)22(19,20)16-5-2-3-12(17)4-6-16;5-4-2-1-3-6-4;1-4-7-5(2)9-6(3)8-4/h8-10,13,17H,3-7H2,1-2H3;7-9,12,17H,2-6H2,1H3;4-5H,1-3H2;1-3H3. The summed E-state index contributed by atoms with van der Waals surface area (Å²) in [4.78, 5) is 23.4. The van der Waals surface area contributed by atoms with Gasteiger partial charge in [-0.3, -0.25) is 0 Å². The van der Waals surface area contributed by atoms with Crippen LogP contribution in [0.3, 0.4) is 0 Å². The quantitative estimate of drug-likeness (QED) is 0.278. The summed E-state index contributed by atoms with van der Waals surface area (Å²) in [5.74, 6) is -1.16. The first-order chi connectivity index (χ1) is 27.8. The molecule has 0 spiro atoms. The van der Waals surface area contributed by atoms with Crippen molar-refractivity contribution in [3.8, 4) is 0 Å². The Balaban J connectivity index is 0.000000234. The van der Waals surface area contributed by atoms with E-state index >= 15 is 0 Å². The van der Waals surface area contributed by atoms with Gasteiger partial charge < -0.3 is 43.2 Å². The van der Waals surface area contributed by atoms with Crippen LogP contribution in [-0.2, 0) is 48.0 Å². The zero-order valence-electron chi connectivity index (χ0n) is 34.5. The number of hydrogen-bond donors (Lipinski definition) is 3. The van der Waals surface area contributed by atoms with Gasteiger partial charge in [-0.15, -0.1) is 0 Å². The third-order valence-corrected chi connectivity index (χ3v) is 13.6. The molecule has 3 atom stereocenters. The van der Waals surface area contributed by atoms with Crippen LogP contribution in [0.15, 0.2) is 50.7 Å². The fourth-order valence-corrected chi connectivity index (χ4v) is 10.3. The van der Waals surface area contributed by atoms with Crippen LogP contribution >= 0.6 is 15.9 Å². The van der Waals surface area contributed by atoms with Crippen molar-refractivity contribution < 1.29 is 69.7 Å². The molecule has 4 aliphatic heterocycles. The summed E-state index contributed by atoms with van der Waals surface area (Å²) in [6.45, 7) is 9.33. The van der Waals surface area contributed by atoms with Gasteiger partial charge in [-0.2, -0.15) is 8.61 Å². The maximum atomic E-state index is 12.8. The second-order valence-corrected chi connectivity index (χ2v) is 19.0. The number of esters is 2. The summed E-state index contributed by atoms with van der Waals surface area (Å²) in [7, 11) is -5.30. The summed E-state index contributed by atoms with van der Waals surface area (Å²) < 4.78 is 83.5. The molecule has 4 fully saturated rings. The summed E-state index contributed by atoms with van der Waals surface area (Å²) in [5.41, 5.74) is 1.07. The highest BCUT2D eigenvalue weighted by atomic mass is 79.9. The normalized spacial score (nSPS) is 21.9. The van der Waals surface area contributed by atoms with Crippen molar-refractivity contribution in [2.45, 2.75) is 107 Å². The monoisotopic (exact) mass is 932 g/mol. The Bertz CT molecular complexity index is 1750. The Morgan fingerprint density at radius 1 is 0.661 bits per heavy atom. The van der Waals surface area contributed by atoms with E-state index in [1.165, 1.54) is 47.1 Å². The topological polar surface area (TPSA) is 225 Å². The second-order valence-electron chi connectivity index (χ2n) is 14.2. The lowest BCUT2D eigenvalue weighted by molar-refractivity contribution is -0.0589. The van der Waals surface area contributed by atoms with Crippen LogP contribution in [0.4, 0.5) is 0 Å². The number of benzene rings is 2. The lowest BCUT2D eigenvalue weighted by atomic mass is 9.74. The van der Waals surface area contributed by atoms with Gasteiger partial charge >= 0.3 is 33.3 Å². The predicted molar refractivity (Wildman–Crippen MR) is 225 cm³/mol. The van der Waals surface area contributed by atoms with Crippen molar-refractivity contribution in [2.24, 2.45) is 0 Å². The summed E-state index contributed by atoms with van der Waals surface area (Å²) in [5, 5.41) is 27.8. The highest BCUT2D eigenvalue weighted by Gasteiger charge is 2.32. The van der Waals surface area contributed by atoms with Crippen LogP contribution < -0.4 is 0 Å². The molecule has 328 valence electrons. The van der Waals surface area contributed by atoms with Crippen LogP contribution in [-0.4, -0.2) is 140 Å². The van der Waals surface area contributed by atoms with E-state index < -0.39 is 50.5 Å². The minimum atomic E-state index is -3.71. The van der Waals surface area contributed by atoms with Crippen molar-refractivity contribution in [1.29, 1.82) is 0 Å². The zero-order chi connectivity index (χ0) is 43.9. The molecule has 2 aromatic carbocycles. The van der Waals surface area contributed by atoms with E-state index in [-0.39, 0.29) is 55.4 Å². The molecule has 0 amide bonds. The van der Waals surface area contributed by atoms with Crippen molar-refractivity contribution in [1.82, 2.24) is 8.61 Å². The van der Waals surface area contributed by atoms with Crippen LogP contribution in [0.25, 0.3) is 0 Å². The number of carbonyl (C=O) groups is 2. The molecule has 0 aromatic heterocycles. The van der Waals surface area contributed by atoms with Crippen molar-refractivity contribution in [2.75, 3.05) is 47.0 Å². The molecule has 17 nitrogen and oxygen atoms in total. The number of aryl methyl sites for hydroxylation is 1. The predicted octanol–water partition coefficient (Wildman–Crippen LogP) is 3.61. The number of aliphatic hydroxyl groups excluding tert-OH is 3. The van der Waals surface area contributed by atoms with Gasteiger partial charge in [0, 0.05) is 43.7 Å². The highest BCUT2D eigenvalue weighted by molar-refractivity contribution is 9.10. The molecule has 4 aliphatic rings. The number of aliphatic hydroxyl groups is 3. The number of rotatable bonds is 6. The first-order valence-corrected chi connectivity index (χ1v) is 23.2. The number of ether oxygens (including phenoxy) is 3. The molecule has 4 heterocycles. The number of halogens is 1. The van der Waals surface area contributed by atoms with Crippen LogP contribution in [0.5, 0.6) is 0 Å². The third-order valence-electron chi connectivity index (χ3n) is 9.41. The molecule has 4 saturated heterocycles. The van der Waals surface area contributed by atoms with Gasteiger partial charge in [0.15, 0.2) is 6.29 Å². The lowest BCUT2D eigenvalue weighted by Gasteiger charge is -2.25. The van der Waals surface area contributed by atoms with Crippen LogP contribution in [0.2, 0.25) is 20.5 Å². The largest absolute Gasteiger partial charge is 0.465 e. The number of nitrogens with zero attached hydrogens (tertiary/aromatic N) is 2. The molecule has 59 heavy (non-hydrogen) atoms. The number of hydrogen-bond acceptors (Lipinski definition) is 15. The number of methoxy groups -OCH3 is 2. The maximum Gasteiger partial charge on any atom is 0.426 e. The summed E-state index contributed by atoms with van der Waals surface area (Å²) in [6.07, 6.45) is 3.73. The smallest absolute Gasteiger partial charge is 0.426 e. The molecule has 3 unspecified atom stereocenters. The van der Waals surface area contributed by atoms with Crippen molar-refractivity contribution in [3.63, 3.8) is 0 Å². The Morgan fingerprint density at radius 2 is 1.10 bits per heavy atom. The Morgan fingerprint density at radius 3 is 1.49 bits per heavy atom. The molecular formula is C36H56B3BrN2O15S2. The minimum Gasteiger partial charge on any atom is -0.465 e. The molecular weight excluding hydrogens is 877 g/mol. The first-order valence-electron chi connectivity index (χ1n) is 19.5. The Labute approximate surface area is 357 Å². The summed E-state index contributed by atoms with van der Waals surface area (Å²) >= 11 is 3.22. The number of sulfonamides is 2. The van der Waals surface area contributed by atoms with Crippen molar-refractivity contribution >= 4 is 69.3 Å².